The summed E-state index contributed by atoms with van der Waals surface area (Å²) in [6, 6.07) is 7.91. The second kappa shape index (κ2) is 7.80. The number of carbonyl (C=O) groups excluding carboxylic acids is 1. The minimum Gasteiger partial charge on any atom is -0.383 e. The van der Waals surface area contributed by atoms with Crippen molar-refractivity contribution in [2.75, 3.05) is 26.8 Å². The zero-order chi connectivity index (χ0) is 19.7. The van der Waals surface area contributed by atoms with Gasteiger partial charge in [-0.05, 0) is 18.9 Å². The minimum absolute atomic E-state index is 0.0226. The van der Waals surface area contributed by atoms with Gasteiger partial charge in [0.2, 0.25) is 0 Å². The number of aromatic nitrogens is 2. The highest BCUT2D eigenvalue weighted by Crippen LogP contribution is 2.30. The van der Waals surface area contributed by atoms with Gasteiger partial charge in [-0.15, -0.1) is 0 Å². The lowest BCUT2D eigenvalue weighted by Crippen LogP contribution is -2.33. The maximum absolute atomic E-state index is 13.5. The molecule has 0 N–H and O–H groups in total. The number of benzene rings is 1. The molecule has 6 heteroatoms. The summed E-state index contributed by atoms with van der Waals surface area (Å²) < 4.78 is 8.71. The molecule has 3 heterocycles. The van der Waals surface area contributed by atoms with Crippen LogP contribution in [0.15, 0.2) is 35.3 Å². The van der Waals surface area contributed by atoms with E-state index in [0.717, 1.165) is 42.2 Å². The molecule has 0 spiro atoms. The lowest BCUT2D eigenvalue weighted by molar-refractivity contribution is 0.0762. The van der Waals surface area contributed by atoms with E-state index in [1.54, 1.807) is 17.9 Å². The molecular weight excluding hydrogens is 354 g/mol. The van der Waals surface area contributed by atoms with Gasteiger partial charge in [0, 0.05) is 56.3 Å². The zero-order valence-electron chi connectivity index (χ0n) is 16.6. The number of aryl methyl sites for hydroxylation is 1. The molecule has 0 atom stereocenters. The number of para-hydroxylation sites is 1. The fourth-order valence-electron chi connectivity index (χ4n) is 4.29. The van der Waals surface area contributed by atoms with Gasteiger partial charge in [0.1, 0.15) is 5.52 Å². The monoisotopic (exact) mass is 381 g/mol. The molecule has 1 fully saturated rings. The normalized spacial score (nSPS) is 15.3. The first kappa shape index (κ1) is 18.7. The number of amides is 1. The van der Waals surface area contributed by atoms with E-state index in [9.17, 15) is 9.59 Å². The molecule has 1 aromatic carbocycles. The molecule has 148 valence electrons. The molecule has 0 aliphatic carbocycles. The summed E-state index contributed by atoms with van der Waals surface area (Å²) in [5.41, 5.74) is 2.07. The van der Waals surface area contributed by atoms with Crippen LogP contribution in [0.4, 0.5) is 0 Å². The van der Waals surface area contributed by atoms with Crippen molar-refractivity contribution in [1.82, 2.24) is 14.0 Å². The largest absolute Gasteiger partial charge is 0.383 e. The standard InChI is InChI=1S/C22H27N3O3/c1-23-18-10-6-5-9-16(18)19-17(21(26)24-11-7-3-4-8-12-24)15-25(13-14-28-2)22(27)20(19)23/h5-6,9-10,15H,3-4,7-8,11-14H2,1-2H3. The molecule has 0 unspecified atom stereocenters. The van der Waals surface area contributed by atoms with Crippen LogP contribution in [0.1, 0.15) is 36.0 Å². The molecule has 3 aromatic rings. The van der Waals surface area contributed by atoms with Gasteiger partial charge in [0.15, 0.2) is 0 Å². The van der Waals surface area contributed by atoms with Crippen LogP contribution in [0.2, 0.25) is 0 Å². The molecular formula is C22H27N3O3. The SMILES string of the molecule is COCCn1cc(C(=O)N2CCCCCC2)c2c3ccccc3n(C)c2c1=O. The van der Waals surface area contributed by atoms with Crippen LogP contribution in [0.3, 0.4) is 0 Å². The summed E-state index contributed by atoms with van der Waals surface area (Å²) in [6.45, 7) is 2.41. The number of pyridine rings is 1. The number of hydrogen-bond acceptors (Lipinski definition) is 3. The molecule has 1 amide bonds. The van der Waals surface area contributed by atoms with Crippen molar-refractivity contribution in [3.05, 3.63) is 46.4 Å². The smallest absolute Gasteiger partial charge is 0.275 e. The van der Waals surface area contributed by atoms with Crippen LogP contribution >= 0.6 is 0 Å². The van der Waals surface area contributed by atoms with Crippen molar-refractivity contribution in [1.29, 1.82) is 0 Å². The molecule has 4 rings (SSSR count). The summed E-state index contributed by atoms with van der Waals surface area (Å²) in [7, 11) is 3.51. The third-order valence-electron chi connectivity index (χ3n) is 5.78. The first-order valence-electron chi connectivity index (χ1n) is 10.0. The summed E-state index contributed by atoms with van der Waals surface area (Å²) in [5, 5.41) is 1.72. The molecule has 0 saturated carbocycles. The van der Waals surface area contributed by atoms with E-state index in [0.29, 0.717) is 24.2 Å². The fourth-order valence-corrected chi connectivity index (χ4v) is 4.29. The highest BCUT2D eigenvalue weighted by atomic mass is 16.5. The first-order valence-corrected chi connectivity index (χ1v) is 10.0. The van der Waals surface area contributed by atoms with Gasteiger partial charge in [0.05, 0.1) is 12.2 Å². The van der Waals surface area contributed by atoms with Gasteiger partial charge < -0.3 is 18.8 Å². The van der Waals surface area contributed by atoms with Crippen LogP contribution in [0, 0.1) is 0 Å². The second-order valence-electron chi connectivity index (χ2n) is 7.54. The maximum atomic E-state index is 13.5. The zero-order valence-corrected chi connectivity index (χ0v) is 16.6. The van der Waals surface area contributed by atoms with Gasteiger partial charge in [-0.3, -0.25) is 9.59 Å². The molecule has 0 bridgehead atoms. The summed E-state index contributed by atoms with van der Waals surface area (Å²) >= 11 is 0. The summed E-state index contributed by atoms with van der Waals surface area (Å²) in [4.78, 5) is 28.7. The molecule has 0 radical (unpaired) electrons. The Kier molecular flexibility index (Phi) is 5.22. The molecule has 2 aromatic heterocycles. The predicted molar refractivity (Wildman–Crippen MR) is 111 cm³/mol. The van der Waals surface area contributed by atoms with Crippen molar-refractivity contribution in [3.63, 3.8) is 0 Å². The van der Waals surface area contributed by atoms with Crippen LogP contribution in [0.5, 0.6) is 0 Å². The van der Waals surface area contributed by atoms with Gasteiger partial charge in [-0.25, -0.2) is 0 Å². The minimum atomic E-state index is -0.0850. The molecule has 1 saturated heterocycles. The Hall–Kier alpha value is -2.60. The fraction of sp³-hybridized carbons (Fsp3) is 0.455. The lowest BCUT2D eigenvalue weighted by Gasteiger charge is -2.21. The number of methoxy groups -OCH3 is 1. The van der Waals surface area contributed by atoms with E-state index in [2.05, 4.69) is 0 Å². The number of fused-ring (bicyclic) bond motifs is 3. The van der Waals surface area contributed by atoms with Gasteiger partial charge in [-0.2, -0.15) is 0 Å². The second-order valence-corrected chi connectivity index (χ2v) is 7.54. The third-order valence-corrected chi connectivity index (χ3v) is 5.78. The number of ether oxygens (including phenoxy) is 1. The Balaban J connectivity index is 1.97. The summed E-state index contributed by atoms with van der Waals surface area (Å²) in [6.07, 6.45) is 6.15. The average molecular weight is 381 g/mol. The van der Waals surface area contributed by atoms with Gasteiger partial charge in [-0.1, -0.05) is 31.0 Å². The van der Waals surface area contributed by atoms with Crippen molar-refractivity contribution < 1.29 is 9.53 Å². The van der Waals surface area contributed by atoms with E-state index in [-0.39, 0.29) is 11.5 Å². The Bertz CT molecular complexity index is 1070. The average Bonchev–Trinajstić information content (AvgIpc) is 2.88. The Labute approximate surface area is 164 Å². The van der Waals surface area contributed by atoms with E-state index in [1.165, 1.54) is 12.8 Å². The number of carbonyl (C=O) groups is 1. The van der Waals surface area contributed by atoms with Crippen LogP contribution < -0.4 is 5.56 Å². The van der Waals surface area contributed by atoms with Crippen molar-refractivity contribution in [2.24, 2.45) is 7.05 Å². The van der Waals surface area contributed by atoms with E-state index >= 15 is 0 Å². The Morgan fingerprint density at radius 2 is 1.82 bits per heavy atom. The Morgan fingerprint density at radius 1 is 1.11 bits per heavy atom. The van der Waals surface area contributed by atoms with E-state index < -0.39 is 0 Å². The predicted octanol–water partition coefficient (Wildman–Crippen LogP) is 3.16. The molecule has 1 aliphatic rings. The van der Waals surface area contributed by atoms with Crippen molar-refractivity contribution >= 4 is 27.7 Å². The van der Waals surface area contributed by atoms with Crippen LogP contribution in [-0.2, 0) is 18.3 Å². The number of likely N-dealkylation sites (tertiary alicyclic amines) is 1. The highest BCUT2D eigenvalue weighted by molar-refractivity contribution is 6.17. The quantitative estimate of drug-likeness (QED) is 0.698. The number of rotatable bonds is 4. The van der Waals surface area contributed by atoms with E-state index in [4.69, 9.17) is 4.74 Å². The van der Waals surface area contributed by atoms with Gasteiger partial charge >= 0.3 is 0 Å². The molecule has 6 nitrogen and oxygen atoms in total. The third kappa shape index (κ3) is 3.11. The topological polar surface area (TPSA) is 56.5 Å². The number of nitrogens with zero attached hydrogens (tertiary/aromatic N) is 3. The first-order chi connectivity index (χ1) is 13.6. The summed E-state index contributed by atoms with van der Waals surface area (Å²) in [5.74, 6) is 0.0226. The highest BCUT2D eigenvalue weighted by Gasteiger charge is 2.25. The van der Waals surface area contributed by atoms with Gasteiger partial charge in [0.25, 0.3) is 11.5 Å². The number of hydrogen-bond donors (Lipinski definition) is 0. The van der Waals surface area contributed by atoms with Crippen LogP contribution in [-0.4, -0.2) is 46.7 Å². The van der Waals surface area contributed by atoms with Crippen molar-refractivity contribution in [2.45, 2.75) is 32.2 Å². The lowest BCUT2D eigenvalue weighted by atomic mass is 10.1. The molecule has 28 heavy (non-hydrogen) atoms. The Morgan fingerprint density at radius 3 is 2.54 bits per heavy atom. The van der Waals surface area contributed by atoms with Crippen LogP contribution in [0.25, 0.3) is 21.8 Å². The van der Waals surface area contributed by atoms with E-state index in [1.807, 2.05) is 40.8 Å². The van der Waals surface area contributed by atoms with Crippen molar-refractivity contribution in [3.8, 4) is 0 Å². The maximum Gasteiger partial charge on any atom is 0.275 e. The molecule has 1 aliphatic heterocycles.